The van der Waals surface area contributed by atoms with Crippen molar-refractivity contribution >= 4 is 17.0 Å². The first kappa shape index (κ1) is 13.2. The van der Waals surface area contributed by atoms with Gasteiger partial charge >= 0.3 is 5.97 Å². The average molecular weight is 289 g/mol. The van der Waals surface area contributed by atoms with E-state index in [9.17, 15) is 13.6 Å². The maximum atomic E-state index is 14.5. The van der Waals surface area contributed by atoms with E-state index in [1.807, 2.05) is 0 Å². The summed E-state index contributed by atoms with van der Waals surface area (Å²) in [5.74, 6) is -1.80. The normalized spacial score (nSPS) is 12.5. The van der Waals surface area contributed by atoms with Gasteiger partial charge in [-0.05, 0) is 24.3 Å². The van der Waals surface area contributed by atoms with E-state index in [-0.39, 0.29) is 22.2 Å². The fourth-order valence-corrected chi connectivity index (χ4v) is 2.04. The van der Waals surface area contributed by atoms with Crippen LogP contribution in [-0.4, -0.2) is 26.1 Å². The van der Waals surface area contributed by atoms with Gasteiger partial charge in [0.1, 0.15) is 11.3 Å². The molecule has 7 heteroatoms. The second kappa shape index (κ2) is 4.93. The predicted octanol–water partition coefficient (Wildman–Crippen LogP) is 2.79. The fraction of sp³-hybridized carbons (Fsp3) is 0.0714. The van der Waals surface area contributed by atoms with Gasteiger partial charge in [-0.15, -0.1) is 5.10 Å². The van der Waals surface area contributed by atoms with Crippen LogP contribution in [0.4, 0.5) is 8.78 Å². The number of carboxylic acids is 1. The average Bonchev–Trinajstić information content (AvgIpc) is 2.90. The van der Waals surface area contributed by atoms with Crippen LogP contribution >= 0.6 is 0 Å². The lowest BCUT2D eigenvalue weighted by molar-refractivity contribution is 0.0697. The molecule has 106 valence electrons. The molecular formula is C14H9F2N3O2. The molecule has 5 nitrogen and oxygen atoms in total. The number of benzene rings is 2. The number of hydrogen-bond acceptors (Lipinski definition) is 3. The summed E-state index contributed by atoms with van der Waals surface area (Å²) in [7, 11) is 0. The Morgan fingerprint density at radius 2 is 2.00 bits per heavy atom. The monoisotopic (exact) mass is 289 g/mol. The Bertz CT molecular complexity index is 832. The molecule has 0 fully saturated rings. The van der Waals surface area contributed by atoms with Crippen molar-refractivity contribution in [1.29, 1.82) is 0 Å². The quantitative estimate of drug-likeness (QED) is 0.805. The molecular weight excluding hydrogens is 280 g/mol. The number of aromatic nitrogens is 3. The van der Waals surface area contributed by atoms with Crippen LogP contribution in [0.15, 0.2) is 42.5 Å². The number of carboxylic acid groups (broad SMARTS) is 1. The van der Waals surface area contributed by atoms with Gasteiger partial charge < -0.3 is 5.11 Å². The van der Waals surface area contributed by atoms with Gasteiger partial charge in [0.15, 0.2) is 0 Å². The van der Waals surface area contributed by atoms with E-state index >= 15 is 0 Å². The summed E-state index contributed by atoms with van der Waals surface area (Å²) in [4.78, 5) is 10.9. The highest BCUT2D eigenvalue weighted by molar-refractivity contribution is 5.92. The van der Waals surface area contributed by atoms with Crippen LogP contribution in [0.3, 0.4) is 0 Å². The maximum Gasteiger partial charge on any atom is 0.335 e. The summed E-state index contributed by atoms with van der Waals surface area (Å²) in [6.45, 7) is 0. The Morgan fingerprint density at radius 3 is 2.71 bits per heavy atom. The molecule has 0 aliphatic heterocycles. The van der Waals surface area contributed by atoms with E-state index in [4.69, 9.17) is 5.11 Å². The highest BCUT2D eigenvalue weighted by Gasteiger charge is 2.20. The van der Waals surface area contributed by atoms with Gasteiger partial charge in [0, 0.05) is 5.56 Å². The molecule has 3 aromatic rings. The Balaban J connectivity index is 2.09. The molecule has 1 heterocycles. The van der Waals surface area contributed by atoms with Gasteiger partial charge in [0.05, 0.1) is 11.1 Å². The molecule has 0 saturated carbocycles. The first-order chi connectivity index (χ1) is 10.1. The van der Waals surface area contributed by atoms with Crippen molar-refractivity contribution in [2.45, 2.75) is 6.30 Å². The molecule has 0 saturated heterocycles. The third-order valence-electron chi connectivity index (χ3n) is 3.09. The van der Waals surface area contributed by atoms with Gasteiger partial charge in [-0.25, -0.2) is 18.3 Å². The Morgan fingerprint density at radius 1 is 1.24 bits per heavy atom. The van der Waals surface area contributed by atoms with Gasteiger partial charge in [-0.3, -0.25) is 0 Å². The molecule has 1 unspecified atom stereocenters. The zero-order valence-corrected chi connectivity index (χ0v) is 10.6. The number of rotatable bonds is 3. The Labute approximate surface area is 117 Å². The summed E-state index contributed by atoms with van der Waals surface area (Å²) >= 11 is 0. The minimum absolute atomic E-state index is 0.0239. The summed E-state index contributed by atoms with van der Waals surface area (Å²) in [5.41, 5.74) is 0.382. The molecule has 0 aliphatic carbocycles. The number of nitrogens with zero attached hydrogens (tertiary/aromatic N) is 3. The third kappa shape index (κ3) is 2.22. The highest BCUT2D eigenvalue weighted by Crippen LogP contribution is 2.25. The second-order valence-corrected chi connectivity index (χ2v) is 4.40. The number of hydrogen-bond donors (Lipinski definition) is 1. The molecule has 21 heavy (non-hydrogen) atoms. The van der Waals surface area contributed by atoms with Crippen molar-refractivity contribution in [2.75, 3.05) is 0 Å². The van der Waals surface area contributed by atoms with E-state index < -0.39 is 18.1 Å². The molecule has 1 atom stereocenters. The molecule has 0 spiro atoms. The van der Waals surface area contributed by atoms with Crippen molar-refractivity contribution in [3.63, 3.8) is 0 Å². The summed E-state index contributed by atoms with van der Waals surface area (Å²) in [6, 6.07) is 9.46. The lowest BCUT2D eigenvalue weighted by Gasteiger charge is -2.10. The van der Waals surface area contributed by atoms with Gasteiger partial charge in [0.2, 0.25) is 6.30 Å². The van der Waals surface area contributed by atoms with Crippen molar-refractivity contribution in [2.24, 2.45) is 0 Å². The van der Waals surface area contributed by atoms with Crippen molar-refractivity contribution in [3.8, 4) is 0 Å². The molecule has 0 amide bonds. The van der Waals surface area contributed by atoms with E-state index in [1.54, 1.807) is 0 Å². The van der Waals surface area contributed by atoms with E-state index in [2.05, 4.69) is 10.3 Å². The molecule has 0 aliphatic rings. The minimum atomic E-state index is -1.84. The smallest absolute Gasteiger partial charge is 0.335 e. The van der Waals surface area contributed by atoms with Crippen molar-refractivity contribution in [1.82, 2.24) is 15.0 Å². The maximum absolute atomic E-state index is 14.5. The molecule has 0 radical (unpaired) electrons. The topological polar surface area (TPSA) is 68.0 Å². The summed E-state index contributed by atoms with van der Waals surface area (Å²) in [6.07, 6.45) is -1.84. The van der Waals surface area contributed by atoms with Crippen molar-refractivity contribution in [3.05, 3.63) is 59.4 Å². The van der Waals surface area contributed by atoms with Crippen LogP contribution in [0.5, 0.6) is 0 Å². The SMILES string of the molecule is O=C(O)c1ccc2c(c1)nnn2C(F)c1ccccc1F. The molecule has 3 rings (SSSR count). The first-order valence-corrected chi connectivity index (χ1v) is 6.04. The molecule has 0 bridgehead atoms. The zero-order chi connectivity index (χ0) is 15.0. The van der Waals surface area contributed by atoms with Crippen LogP contribution in [0.2, 0.25) is 0 Å². The van der Waals surface area contributed by atoms with Crippen LogP contribution < -0.4 is 0 Å². The summed E-state index contributed by atoms with van der Waals surface area (Å²) < 4.78 is 29.0. The molecule has 1 N–H and O–H groups in total. The number of carbonyl (C=O) groups is 1. The van der Waals surface area contributed by atoms with Crippen LogP contribution in [0.25, 0.3) is 11.0 Å². The predicted molar refractivity (Wildman–Crippen MR) is 70.1 cm³/mol. The fourth-order valence-electron chi connectivity index (χ4n) is 2.04. The standard InChI is InChI=1S/C14H9F2N3O2/c15-10-4-2-1-3-9(10)13(16)19-12-6-5-8(14(20)21)7-11(12)17-18-19/h1-7,13H,(H,20,21). The number of fused-ring (bicyclic) bond motifs is 1. The molecule has 2 aromatic carbocycles. The Kier molecular flexibility index (Phi) is 3.09. The number of aromatic carboxylic acids is 1. The van der Waals surface area contributed by atoms with Gasteiger partial charge in [0.25, 0.3) is 0 Å². The number of alkyl halides is 1. The van der Waals surface area contributed by atoms with E-state index in [0.29, 0.717) is 0 Å². The molecule has 1 aromatic heterocycles. The summed E-state index contributed by atoms with van der Waals surface area (Å²) in [5, 5.41) is 16.3. The second-order valence-electron chi connectivity index (χ2n) is 4.40. The number of halogens is 2. The minimum Gasteiger partial charge on any atom is -0.478 e. The largest absolute Gasteiger partial charge is 0.478 e. The lowest BCUT2D eigenvalue weighted by Crippen LogP contribution is -2.09. The van der Waals surface area contributed by atoms with Gasteiger partial charge in [-0.1, -0.05) is 23.4 Å². The zero-order valence-electron chi connectivity index (χ0n) is 10.6. The van der Waals surface area contributed by atoms with Crippen LogP contribution in [0.1, 0.15) is 22.2 Å². The van der Waals surface area contributed by atoms with Crippen LogP contribution in [-0.2, 0) is 0 Å². The van der Waals surface area contributed by atoms with E-state index in [0.717, 1.165) is 10.7 Å². The van der Waals surface area contributed by atoms with Crippen LogP contribution in [0, 0.1) is 5.82 Å². The van der Waals surface area contributed by atoms with Gasteiger partial charge in [-0.2, -0.15) is 0 Å². The Hall–Kier alpha value is -2.83. The lowest BCUT2D eigenvalue weighted by atomic mass is 10.1. The highest BCUT2D eigenvalue weighted by atomic mass is 19.1. The van der Waals surface area contributed by atoms with E-state index in [1.165, 1.54) is 36.4 Å². The van der Waals surface area contributed by atoms with Crippen molar-refractivity contribution < 1.29 is 18.7 Å². The third-order valence-corrected chi connectivity index (χ3v) is 3.09. The first-order valence-electron chi connectivity index (χ1n) is 6.04.